The topological polar surface area (TPSA) is 102 Å². The number of H-pyrrole nitrogens is 1. The molecule has 0 atom stereocenters. The molecule has 0 radical (unpaired) electrons. The fraction of sp³-hybridized carbons (Fsp3) is 0.393. The van der Waals surface area contributed by atoms with E-state index in [9.17, 15) is 4.79 Å². The Labute approximate surface area is 217 Å². The highest BCUT2D eigenvalue weighted by atomic mass is 16.5. The minimum atomic E-state index is 0.283. The number of benzene rings is 1. The Morgan fingerprint density at radius 3 is 2.43 bits per heavy atom. The number of rotatable bonds is 7. The summed E-state index contributed by atoms with van der Waals surface area (Å²) in [5.74, 6) is 1.29. The van der Waals surface area contributed by atoms with Crippen LogP contribution >= 0.6 is 0 Å². The van der Waals surface area contributed by atoms with Gasteiger partial charge in [0.1, 0.15) is 0 Å². The average molecular weight is 502 g/mol. The van der Waals surface area contributed by atoms with Gasteiger partial charge in [-0.25, -0.2) is 9.97 Å². The first-order valence-corrected chi connectivity index (χ1v) is 12.7. The Morgan fingerprint density at radius 2 is 1.78 bits per heavy atom. The van der Waals surface area contributed by atoms with Gasteiger partial charge in [-0.15, -0.1) is 0 Å². The summed E-state index contributed by atoms with van der Waals surface area (Å²) in [7, 11) is 5.44. The molecule has 37 heavy (non-hydrogen) atoms. The molecule has 9 heteroatoms. The summed E-state index contributed by atoms with van der Waals surface area (Å²) in [6.07, 6.45) is 16.9. The number of likely N-dealkylation sites (N-methyl/N-ethyl adjacent to an activating group) is 1. The molecule has 1 aromatic carbocycles. The smallest absolute Gasteiger partial charge is 0.225 e. The van der Waals surface area contributed by atoms with Crippen molar-refractivity contribution in [2.75, 3.05) is 27.3 Å². The maximum atomic E-state index is 11.9. The number of aromatic amines is 1. The second-order valence-electron chi connectivity index (χ2n) is 9.35. The fourth-order valence-corrected chi connectivity index (χ4v) is 4.44. The molecule has 0 saturated heterocycles. The number of hydrogen-bond acceptors (Lipinski definition) is 6. The van der Waals surface area contributed by atoms with Crippen LogP contribution in [0.4, 0.5) is 0 Å². The van der Waals surface area contributed by atoms with Gasteiger partial charge in [0.2, 0.25) is 5.91 Å². The zero-order valence-electron chi connectivity index (χ0n) is 21.8. The summed E-state index contributed by atoms with van der Waals surface area (Å²) in [6.45, 7) is 1.35. The SMILES string of the molecule is COCCN(C)C(=O)C1CCCCC1.Cn1cc(-c2cccc(-c3ncc(-c4cn[nH]c4)cn3)c2)cn1. The van der Waals surface area contributed by atoms with Crippen LogP contribution < -0.4 is 0 Å². The van der Waals surface area contributed by atoms with Gasteiger partial charge in [-0.1, -0.05) is 37.5 Å². The van der Waals surface area contributed by atoms with E-state index in [1.807, 2.05) is 57.2 Å². The van der Waals surface area contributed by atoms with Gasteiger partial charge >= 0.3 is 0 Å². The van der Waals surface area contributed by atoms with Gasteiger partial charge in [0, 0.05) is 80.7 Å². The Morgan fingerprint density at radius 1 is 1.03 bits per heavy atom. The molecule has 3 heterocycles. The van der Waals surface area contributed by atoms with Crippen molar-refractivity contribution < 1.29 is 9.53 Å². The van der Waals surface area contributed by atoms with Crippen molar-refractivity contribution in [3.05, 3.63) is 61.4 Å². The zero-order valence-corrected chi connectivity index (χ0v) is 21.8. The molecule has 5 rings (SSSR count). The molecule has 4 aromatic rings. The van der Waals surface area contributed by atoms with Crippen LogP contribution in [0.25, 0.3) is 33.6 Å². The lowest BCUT2D eigenvalue weighted by Gasteiger charge is -2.26. The highest BCUT2D eigenvalue weighted by Crippen LogP contribution is 2.26. The first-order chi connectivity index (χ1) is 18.0. The number of aryl methyl sites for hydroxylation is 1. The molecular formula is C28H35N7O2. The van der Waals surface area contributed by atoms with Crippen molar-refractivity contribution in [1.82, 2.24) is 34.8 Å². The van der Waals surface area contributed by atoms with E-state index in [2.05, 4.69) is 37.4 Å². The van der Waals surface area contributed by atoms with E-state index in [0.29, 0.717) is 24.9 Å². The Balaban J connectivity index is 0.000000197. The molecular weight excluding hydrogens is 466 g/mol. The first-order valence-electron chi connectivity index (χ1n) is 12.7. The summed E-state index contributed by atoms with van der Waals surface area (Å²) in [5, 5.41) is 10.9. The summed E-state index contributed by atoms with van der Waals surface area (Å²) in [6, 6.07) is 8.14. The van der Waals surface area contributed by atoms with Crippen molar-refractivity contribution in [1.29, 1.82) is 0 Å². The maximum absolute atomic E-state index is 11.9. The predicted octanol–water partition coefficient (Wildman–Crippen LogP) is 4.61. The Hall–Kier alpha value is -3.85. The van der Waals surface area contributed by atoms with Crippen molar-refractivity contribution in [3.63, 3.8) is 0 Å². The van der Waals surface area contributed by atoms with E-state index in [1.54, 1.807) is 22.9 Å². The molecule has 9 nitrogen and oxygen atoms in total. The number of hydrogen-bond donors (Lipinski definition) is 1. The lowest BCUT2D eigenvalue weighted by Crippen LogP contribution is -2.36. The number of aromatic nitrogens is 6. The van der Waals surface area contributed by atoms with Gasteiger partial charge in [-0.3, -0.25) is 14.6 Å². The molecule has 1 fully saturated rings. The second kappa shape index (κ2) is 12.9. The summed E-state index contributed by atoms with van der Waals surface area (Å²) in [4.78, 5) is 22.6. The molecule has 194 valence electrons. The van der Waals surface area contributed by atoms with Crippen LogP contribution in [0.15, 0.2) is 61.4 Å². The van der Waals surface area contributed by atoms with E-state index >= 15 is 0 Å². The highest BCUT2D eigenvalue weighted by molar-refractivity contribution is 5.78. The molecule has 0 spiro atoms. The molecule has 1 N–H and O–H groups in total. The molecule has 3 aromatic heterocycles. The third-order valence-electron chi connectivity index (χ3n) is 6.60. The Bertz CT molecular complexity index is 1250. The highest BCUT2D eigenvalue weighted by Gasteiger charge is 2.23. The molecule has 1 amide bonds. The number of ether oxygens (including phenoxy) is 1. The number of nitrogens with one attached hydrogen (secondary N) is 1. The van der Waals surface area contributed by atoms with Crippen molar-refractivity contribution >= 4 is 5.91 Å². The standard InChI is InChI=1S/C17H14N6.C11H21NO2/c1-23-11-16(10-22-23)12-3-2-4-13(5-12)17-18-6-14(7-19-17)15-8-20-21-9-15;1-12(8-9-14-2)11(13)10-6-4-3-5-7-10/h2-11H,1H3,(H,20,21);10H,3-9H2,1-2H3. The van der Waals surface area contributed by atoms with Gasteiger partial charge in [0.25, 0.3) is 0 Å². The van der Waals surface area contributed by atoms with E-state index in [0.717, 1.165) is 40.7 Å². The van der Waals surface area contributed by atoms with Crippen molar-refractivity contribution in [2.45, 2.75) is 32.1 Å². The number of carbonyl (C=O) groups is 1. The normalized spacial score (nSPS) is 13.6. The maximum Gasteiger partial charge on any atom is 0.225 e. The monoisotopic (exact) mass is 501 g/mol. The van der Waals surface area contributed by atoms with Gasteiger partial charge in [-0.05, 0) is 24.5 Å². The molecule has 1 aliphatic rings. The molecule has 1 aliphatic carbocycles. The molecule has 0 bridgehead atoms. The van der Waals surface area contributed by atoms with Crippen LogP contribution in [0, 0.1) is 5.92 Å². The fourth-order valence-electron chi connectivity index (χ4n) is 4.44. The van der Waals surface area contributed by atoms with Gasteiger partial charge in [0.05, 0.1) is 19.0 Å². The van der Waals surface area contributed by atoms with Crippen molar-refractivity contribution in [2.24, 2.45) is 13.0 Å². The number of nitrogens with zero attached hydrogens (tertiary/aromatic N) is 6. The second-order valence-corrected chi connectivity index (χ2v) is 9.35. The van der Waals surface area contributed by atoms with Crippen LogP contribution in [-0.2, 0) is 16.6 Å². The summed E-state index contributed by atoms with van der Waals surface area (Å²) >= 11 is 0. The lowest BCUT2D eigenvalue weighted by atomic mass is 9.88. The van der Waals surface area contributed by atoms with Gasteiger partial charge in [0.15, 0.2) is 5.82 Å². The first kappa shape index (κ1) is 26.2. The quantitative estimate of drug-likeness (QED) is 0.397. The predicted molar refractivity (Wildman–Crippen MR) is 143 cm³/mol. The third kappa shape index (κ3) is 7.10. The van der Waals surface area contributed by atoms with E-state index in [-0.39, 0.29) is 5.92 Å². The minimum Gasteiger partial charge on any atom is -0.383 e. The van der Waals surface area contributed by atoms with E-state index in [4.69, 9.17) is 4.74 Å². The van der Waals surface area contributed by atoms with Crippen LogP contribution in [0.5, 0.6) is 0 Å². The van der Waals surface area contributed by atoms with Gasteiger partial charge < -0.3 is 9.64 Å². The average Bonchev–Trinajstić information content (AvgIpc) is 3.65. The minimum absolute atomic E-state index is 0.283. The van der Waals surface area contributed by atoms with E-state index in [1.165, 1.54) is 19.3 Å². The third-order valence-corrected chi connectivity index (χ3v) is 6.60. The largest absolute Gasteiger partial charge is 0.383 e. The molecule has 0 unspecified atom stereocenters. The van der Waals surface area contributed by atoms with Crippen LogP contribution in [0.2, 0.25) is 0 Å². The van der Waals surface area contributed by atoms with Gasteiger partial charge in [-0.2, -0.15) is 10.2 Å². The van der Waals surface area contributed by atoms with Crippen molar-refractivity contribution in [3.8, 4) is 33.6 Å². The summed E-state index contributed by atoms with van der Waals surface area (Å²) in [5.41, 5.74) is 5.05. The zero-order chi connectivity index (χ0) is 26.0. The number of amides is 1. The number of methoxy groups -OCH3 is 1. The lowest BCUT2D eigenvalue weighted by molar-refractivity contribution is -0.135. The van der Waals surface area contributed by atoms with Crippen LogP contribution in [0.3, 0.4) is 0 Å². The molecule has 0 aliphatic heterocycles. The van der Waals surface area contributed by atoms with E-state index < -0.39 is 0 Å². The van der Waals surface area contributed by atoms with Crippen LogP contribution in [-0.4, -0.2) is 68.1 Å². The molecule has 1 saturated carbocycles. The van der Waals surface area contributed by atoms with Crippen LogP contribution in [0.1, 0.15) is 32.1 Å². The Kier molecular flexibility index (Phi) is 9.15. The summed E-state index contributed by atoms with van der Waals surface area (Å²) < 4.78 is 6.75. The number of carbonyl (C=O) groups excluding carboxylic acids is 1.